The first-order chi connectivity index (χ1) is 11.3. The van der Waals surface area contributed by atoms with Crippen LogP contribution in [-0.4, -0.2) is 35.4 Å². The number of rotatable bonds is 5. The fourth-order valence-electron chi connectivity index (χ4n) is 3.01. The lowest BCUT2D eigenvalue weighted by molar-refractivity contribution is 0.0912. The number of carbonyl (C=O) groups is 1. The van der Waals surface area contributed by atoms with Crippen LogP contribution in [0.4, 0.5) is 0 Å². The van der Waals surface area contributed by atoms with Crippen LogP contribution in [0.2, 0.25) is 0 Å². The second kappa shape index (κ2) is 7.28. The molecule has 23 heavy (non-hydrogen) atoms. The summed E-state index contributed by atoms with van der Waals surface area (Å²) in [6, 6.07) is 6.95. The zero-order valence-corrected chi connectivity index (χ0v) is 13.0. The number of H-pyrrole nitrogens is 1. The highest BCUT2D eigenvalue weighted by molar-refractivity contribution is 5.93. The average molecular weight is 315 g/mol. The van der Waals surface area contributed by atoms with Gasteiger partial charge in [-0.25, -0.2) is 0 Å². The number of pyridine rings is 1. The molecule has 0 aliphatic carbocycles. The molecule has 0 saturated carbocycles. The van der Waals surface area contributed by atoms with Crippen LogP contribution in [-0.2, 0) is 0 Å². The predicted molar refractivity (Wildman–Crippen MR) is 86.3 cm³/mol. The molecular weight excluding hydrogens is 294 g/mol. The van der Waals surface area contributed by atoms with Gasteiger partial charge >= 0.3 is 0 Å². The van der Waals surface area contributed by atoms with Gasteiger partial charge in [0, 0.05) is 12.7 Å². The minimum absolute atomic E-state index is 0.00274. The molecule has 1 aliphatic rings. The van der Waals surface area contributed by atoms with Crippen LogP contribution in [0.3, 0.4) is 0 Å². The third kappa shape index (κ3) is 3.71. The molecule has 1 aliphatic heterocycles. The number of amides is 1. The molecule has 122 valence electrons. The maximum Gasteiger partial charge on any atom is 0.260 e. The third-order valence-electron chi connectivity index (χ3n) is 4.22. The first kappa shape index (κ1) is 15.6. The van der Waals surface area contributed by atoms with Crippen LogP contribution in [0.15, 0.2) is 45.9 Å². The number of aromatic amines is 1. The van der Waals surface area contributed by atoms with E-state index in [1.165, 1.54) is 18.7 Å². The molecule has 0 unspecified atom stereocenters. The minimum Gasteiger partial charge on any atom is -0.468 e. The van der Waals surface area contributed by atoms with E-state index in [1.54, 1.807) is 12.3 Å². The van der Waals surface area contributed by atoms with Gasteiger partial charge < -0.3 is 14.7 Å². The van der Waals surface area contributed by atoms with E-state index < -0.39 is 0 Å². The number of piperidine rings is 1. The van der Waals surface area contributed by atoms with Crippen LogP contribution in [0, 0.1) is 0 Å². The molecule has 0 spiro atoms. The molecule has 6 nitrogen and oxygen atoms in total. The monoisotopic (exact) mass is 315 g/mol. The summed E-state index contributed by atoms with van der Waals surface area (Å²) in [5, 5.41) is 2.86. The molecule has 2 aromatic rings. The van der Waals surface area contributed by atoms with Gasteiger partial charge in [0.2, 0.25) is 0 Å². The minimum atomic E-state index is -0.377. The Balaban J connectivity index is 1.70. The number of furan rings is 1. The highest BCUT2D eigenvalue weighted by Crippen LogP contribution is 2.24. The number of aromatic nitrogens is 1. The molecule has 2 N–H and O–H groups in total. The normalized spacial score (nSPS) is 16.9. The Morgan fingerprint density at radius 2 is 2.09 bits per heavy atom. The first-order valence-corrected chi connectivity index (χ1v) is 7.99. The van der Waals surface area contributed by atoms with Crippen molar-refractivity contribution in [2.45, 2.75) is 25.3 Å². The smallest absolute Gasteiger partial charge is 0.260 e. The Bertz CT molecular complexity index is 687. The molecule has 1 fully saturated rings. The van der Waals surface area contributed by atoms with E-state index in [0.29, 0.717) is 6.54 Å². The summed E-state index contributed by atoms with van der Waals surface area (Å²) in [7, 11) is 0. The number of nitrogens with zero attached hydrogens (tertiary/aromatic N) is 1. The van der Waals surface area contributed by atoms with Crippen LogP contribution < -0.4 is 10.9 Å². The van der Waals surface area contributed by atoms with E-state index >= 15 is 0 Å². The summed E-state index contributed by atoms with van der Waals surface area (Å²) in [6.45, 7) is 2.40. The van der Waals surface area contributed by atoms with Crippen LogP contribution in [0.5, 0.6) is 0 Å². The van der Waals surface area contributed by atoms with Gasteiger partial charge in [0.1, 0.15) is 11.3 Å². The SMILES string of the molecule is O=C(NC[C@H](c1ccco1)N1CCCCC1)c1ccc[nH]c1=O. The Labute approximate surface area is 134 Å². The van der Waals surface area contributed by atoms with E-state index in [0.717, 1.165) is 31.7 Å². The Kier molecular flexibility index (Phi) is 4.92. The second-order valence-corrected chi connectivity index (χ2v) is 5.75. The average Bonchev–Trinajstić information content (AvgIpc) is 3.10. The van der Waals surface area contributed by atoms with E-state index in [2.05, 4.69) is 15.2 Å². The lowest BCUT2D eigenvalue weighted by Crippen LogP contribution is -2.41. The van der Waals surface area contributed by atoms with Gasteiger partial charge in [0.05, 0.1) is 12.3 Å². The zero-order valence-electron chi connectivity index (χ0n) is 13.0. The Morgan fingerprint density at radius 3 is 2.78 bits per heavy atom. The summed E-state index contributed by atoms with van der Waals surface area (Å²) >= 11 is 0. The highest BCUT2D eigenvalue weighted by atomic mass is 16.3. The van der Waals surface area contributed by atoms with E-state index in [4.69, 9.17) is 4.42 Å². The fraction of sp³-hybridized carbons (Fsp3) is 0.412. The van der Waals surface area contributed by atoms with E-state index in [1.807, 2.05) is 12.1 Å². The van der Waals surface area contributed by atoms with Crippen molar-refractivity contribution in [1.29, 1.82) is 0 Å². The first-order valence-electron chi connectivity index (χ1n) is 7.99. The highest BCUT2D eigenvalue weighted by Gasteiger charge is 2.25. The van der Waals surface area contributed by atoms with Gasteiger partial charge in [-0.05, 0) is 50.2 Å². The maximum atomic E-state index is 12.2. The summed E-state index contributed by atoms with van der Waals surface area (Å²) in [6.07, 6.45) is 6.72. The van der Waals surface area contributed by atoms with Crippen molar-refractivity contribution >= 4 is 5.91 Å². The molecule has 0 aromatic carbocycles. The second-order valence-electron chi connectivity index (χ2n) is 5.75. The zero-order chi connectivity index (χ0) is 16.1. The molecule has 1 atom stereocenters. The van der Waals surface area contributed by atoms with Gasteiger partial charge in [-0.1, -0.05) is 6.42 Å². The van der Waals surface area contributed by atoms with E-state index in [9.17, 15) is 9.59 Å². The molecule has 2 aromatic heterocycles. The van der Waals surface area contributed by atoms with Crippen molar-refractivity contribution in [2.24, 2.45) is 0 Å². The number of likely N-dealkylation sites (tertiary alicyclic amines) is 1. The van der Waals surface area contributed by atoms with Crippen molar-refractivity contribution in [1.82, 2.24) is 15.2 Å². The van der Waals surface area contributed by atoms with Gasteiger partial charge in [0.25, 0.3) is 11.5 Å². The molecule has 6 heteroatoms. The van der Waals surface area contributed by atoms with Gasteiger partial charge in [0.15, 0.2) is 0 Å². The van der Waals surface area contributed by atoms with E-state index in [-0.39, 0.29) is 23.1 Å². The Morgan fingerprint density at radius 1 is 1.26 bits per heavy atom. The molecule has 0 bridgehead atoms. The molecule has 1 saturated heterocycles. The lowest BCUT2D eigenvalue weighted by atomic mass is 10.1. The number of carbonyl (C=O) groups excluding carboxylic acids is 1. The molecule has 0 radical (unpaired) electrons. The summed E-state index contributed by atoms with van der Waals surface area (Å²) < 4.78 is 5.55. The van der Waals surface area contributed by atoms with Crippen LogP contribution >= 0.6 is 0 Å². The van der Waals surface area contributed by atoms with Gasteiger partial charge in [-0.3, -0.25) is 14.5 Å². The van der Waals surface area contributed by atoms with Crippen molar-refractivity contribution in [3.8, 4) is 0 Å². The largest absolute Gasteiger partial charge is 0.468 e. The molecule has 1 amide bonds. The van der Waals surface area contributed by atoms with Crippen molar-refractivity contribution in [3.63, 3.8) is 0 Å². The fourth-order valence-corrected chi connectivity index (χ4v) is 3.01. The predicted octanol–water partition coefficient (Wildman–Crippen LogP) is 1.92. The van der Waals surface area contributed by atoms with Crippen molar-refractivity contribution in [3.05, 3.63) is 58.4 Å². The van der Waals surface area contributed by atoms with Gasteiger partial charge in [-0.2, -0.15) is 0 Å². The summed E-state index contributed by atoms with van der Waals surface area (Å²) in [5.74, 6) is 0.481. The number of hydrogen-bond acceptors (Lipinski definition) is 4. The standard InChI is InChI=1S/C17H21N3O3/c21-16-13(6-4-8-18-16)17(22)19-12-14(15-7-5-11-23-15)20-9-2-1-3-10-20/h4-8,11,14H,1-3,9-10,12H2,(H,18,21)(H,19,22)/t14-/m1/s1. The molecule has 3 heterocycles. The Hall–Kier alpha value is -2.34. The molecular formula is C17H21N3O3. The van der Waals surface area contributed by atoms with Crippen molar-refractivity contribution < 1.29 is 9.21 Å². The summed E-state index contributed by atoms with van der Waals surface area (Å²) in [4.78, 5) is 28.8. The van der Waals surface area contributed by atoms with Gasteiger partial charge in [-0.15, -0.1) is 0 Å². The third-order valence-corrected chi connectivity index (χ3v) is 4.22. The maximum absolute atomic E-state index is 12.2. The topological polar surface area (TPSA) is 78.3 Å². The van der Waals surface area contributed by atoms with Crippen molar-refractivity contribution in [2.75, 3.05) is 19.6 Å². The van der Waals surface area contributed by atoms with Crippen LogP contribution in [0.1, 0.15) is 41.4 Å². The quantitative estimate of drug-likeness (QED) is 0.883. The molecule has 3 rings (SSSR count). The van der Waals surface area contributed by atoms with Crippen LogP contribution in [0.25, 0.3) is 0 Å². The number of nitrogens with one attached hydrogen (secondary N) is 2. The lowest BCUT2D eigenvalue weighted by Gasteiger charge is -2.33. The number of hydrogen-bond donors (Lipinski definition) is 2. The summed E-state index contributed by atoms with van der Waals surface area (Å²) in [5.41, 5.74) is -0.248.